The standard InChI is InChI=1S/C24H27N3O5/c1-16-14-18(31-2)5-6-19(16)22(28)20-21(17-4-3-7-25-15-17)27(24(30)23(20)29)9-8-26-10-12-32-13-11-26/h3-7,14-15,20-21H,8-13H2,1-2H3. The average Bonchev–Trinajstić information content (AvgIpc) is 3.08. The molecular formula is C24H27N3O5. The van der Waals surface area contributed by atoms with Crippen LogP contribution in [0.15, 0.2) is 42.7 Å². The largest absolute Gasteiger partial charge is 0.497 e. The number of carbonyl (C=O) groups is 3. The highest BCUT2D eigenvalue weighted by Gasteiger charge is 2.51. The number of Topliss-reactive ketones (excluding diaryl/α,β-unsaturated/α-hetero) is 2. The Bertz CT molecular complexity index is 1000. The molecule has 3 heterocycles. The fourth-order valence-corrected chi connectivity index (χ4v) is 4.43. The quantitative estimate of drug-likeness (QED) is 0.370. The molecule has 4 rings (SSSR count). The van der Waals surface area contributed by atoms with Gasteiger partial charge in [-0.2, -0.15) is 0 Å². The second kappa shape index (κ2) is 9.58. The molecular weight excluding hydrogens is 410 g/mol. The summed E-state index contributed by atoms with van der Waals surface area (Å²) in [7, 11) is 1.56. The van der Waals surface area contributed by atoms with Gasteiger partial charge in [-0.15, -0.1) is 0 Å². The summed E-state index contributed by atoms with van der Waals surface area (Å²) in [6.45, 7) is 5.62. The van der Waals surface area contributed by atoms with Gasteiger partial charge in [-0.1, -0.05) is 6.07 Å². The third-order valence-corrected chi connectivity index (χ3v) is 6.17. The first-order valence-electron chi connectivity index (χ1n) is 10.7. The fraction of sp³-hybridized carbons (Fsp3) is 0.417. The van der Waals surface area contributed by atoms with E-state index in [1.54, 1.807) is 50.7 Å². The number of ketones is 2. The molecule has 0 N–H and O–H groups in total. The Morgan fingerprint density at radius 2 is 1.97 bits per heavy atom. The molecule has 0 radical (unpaired) electrons. The van der Waals surface area contributed by atoms with E-state index in [0.29, 0.717) is 48.7 Å². The van der Waals surface area contributed by atoms with Crippen LogP contribution in [0.5, 0.6) is 5.75 Å². The number of pyridine rings is 1. The highest BCUT2D eigenvalue weighted by atomic mass is 16.5. The molecule has 2 unspecified atom stereocenters. The first kappa shape index (κ1) is 22.1. The molecule has 0 aliphatic carbocycles. The van der Waals surface area contributed by atoms with Crippen molar-refractivity contribution >= 4 is 17.5 Å². The average molecular weight is 437 g/mol. The molecule has 2 aromatic rings. The summed E-state index contributed by atoms with van der Waals surface area (Å²) >= 11 is 0. The van der Waals surface area contributed by atoms with Crippen molar-refractivity contribution in [2.24, 2.45) is 5.92 Å². The Kier molecular flexibility index (Phi) is 6.62. The number of hydrogen-bond acceptors (Lipinski definition) is 7. The number of rotatable bonds is 7. The zero-order valence-corrected chi connectivity index (χ0v) is 18.3. The first-order valence-corrected chi connectivity index (χ1v) is 10.7. The van der Waals surface area contributed by atoms with Gasteiger partial charge in [-0.3, -0.25) is 24.3 Å². The summed E-state index contributed by atoms with van der Waals surface area (Å²) in [5.74, 6) is -2.11. The first-order chi connectivity index (χ1) is 15.5. The van der Waals surface area contributed by atoms with Crippen LogP contribution in [-0.2, 0) is 14.3 Å². The van der Waals surface area contributed by atoms with Gasteiger partial charge in [0.15, 0.2) is 5.78 Å². The van der Waals surface area contributed by atoms with Gasteiger partial charge in [0.05, 0.1) is 26.4 Å². The van der Waals surface area contributed by atoms with Crippen LogP contribution in [0.3, 0.4) is 0 Å². The van der Waals surface area contributed by atoms with Crippen molar-refractivity contribution in [2.75, 3.05) is 46.5 Å². The van der Waals surface area contributed by atoms with E-state index < -0.39 is 23.7 Å². The van der Waals surface area contributed by atoms with Crippen LogP contribution in [0.4, 0.5) is 0 Å². The molecule has 0 bridgehead atoms. The zero-order chi connectivity index (χ0) is 22.7. The van der Waals surface area contributed by atoms with Gasteiger partial charge in [0, 0.05) is 44.1 Å². The van der Waals surface area contributed by atoms with Gasteiger partial charge in [0.2, 0.25) is 5.78 Å². The molecule has 2 saturated heterocycles. The molecule has 2 atom stereocenters. The second-order valence-corrected chi connectivity index (χ2v) is 8.07. The maximum atomic E-state index is 13.6. The number of hydrogen-bond donors (Lipinski definition) is 0. The highest BCUT2D eigenvalue weighted by molar-refractivity contribution is 6.44. The molecule has 2 fully saturated rings. The number of carbonyl (C=O) groups excluding carboxylic acids is 3. The van der Waals surface area contributed by atoms with Crippen LogP contribution in [0, 0.1) is 12.8 Å². The van der Waals surface area contributed by atoms with Crippen molar-refractivity contribution in [3.8, 4) is 5.75 Å². The van der Waals surface area contributed by atoms with E-state index in [2.05, 4.69) is 9.88 Å². The zero-order valence-electron chi connectivity index (χ0n) is 18.3. The maximum Gasteiger partial charge on any atom is 0.291 e. The third kappa shape index (κ3) is 4.28. The maximum absolute atomic E-state index is 13.6. The molecule has 1 aromatic carbocycles. The minimum absolute atomic E-state index is 0.355. The molecule has 2 aliphatic heterocycles. The third-order valence-electron chi connectivity index (χ3n) is 6.17. The summed E-state index contributed by atoms with van der Waals surface area (Å²) in [6.07, 6.45) is 3.25. The smallest absolute Gasteiger partial charge is 0.291 e. The number of amides is 1. The van der Waals surface area contributed by atoms with Crippen LogP contribution in [-0.4, -0.2) is 78.8 Å². The van der Waals surface area contributed by atoms with Gasteiger partial charge in [-0.25, -0.2) is 0 Å². The summed E-state index contributed by atoms with van der Waals surface area (Å²) in [6, 6.07) is 7.99. The predicted octanol–water partition coefficient (Wildman–Crippen LogP) is 1.68. The molecule has 8 nitrogen and oxygen atoms in total. The number of methoxy groups -OCH3 is 1. The lowest BCUT2D eigenvalue weighted by molar-refractivity contribution is -0.141. The molecule has 32 heavy (non-hydrogen) atoms. The molecule has 1 aromatic heterocycles. The minimum atomic E-state index is -1.11. The van der Waals surface area contributed by atoms with E-state index in [9.17, 15) is 14.4 Å². The van der Waals surface area contributed by atoms with E-state index in [4.69, 9.17) is 9.47 Å². The Balaban J connectivity index is 1.66. The second-order valence-electron chi connectivity index (χ2n) is 8.07. The van der Waals surface area contributed by atoms with E-state index in [1.165, 1.54) is 4.90 Å². The molecule has 0 spiro atoms. The van der Waals surface area contributed by atoms with Crippen molar-refractivity contribution in [3.63, 3.8) is 0 Å². The Morgan fingerprint density at radius 1 is 1.19 bits per heavy atom. The summed E-state index contributed by atoms with van der Waals surface area (Å²) in [5.41, 5.74) is 1.80. The predicted molar refractivity (Wildman–Crippen MR) is 117 cm³/mol. The number of likely N-dealkylation sites (tertiary alicyclic amines) is 1. The van der Waals surface area contributed by atoms with E-state index >= 15 is 0 Å². The van der Waals surface area contributed by atoms with Gasteiger partial charge in [-0.05, 0) is 42.3 Å². The van der Waals surface area contributed by atoms with Crippen LogP contribution in [0.25, 0.3) is 0 Å². The monoisotopic (exact) mass is 437 g/mol. The molecule has 8 heteroatoms. The molecule has 2 aliphatic rings. The van der Waals surface area contributed by atoms with Gasteiger partial charge >= 0.3 is 0 Å². The van der Waals surface area contributed by atoms with Gasteiger partial charge in [0.1, 0.15) is 11.7 Å². The lowest BCUT2D eigenvalue weighted by Crippen LogP contribution is -2.42. The van der Waals surface area contributed by atoms with Crippen LogP contribution < -0.4 is 4.74 Å². The van der Waals surface area contributed by atoms with Crippen LogP contribution in [0.2, 0.25) is 0 Å². The molecule has 168 valence electrons. The van der Waals surface area contributed by atoms with E-state index in [-0.39, 0.29) is 5.78 Å². The SMILES string of the molecule is COc1ccc(C(=O)C2C(=O)C(=O)N(CCN3CCOCC3)C2c2cccnc2)c(C)c1. The Labute approximate surface area is 187 Å². The van der Waals surface area contributed by atoms with Crippen molar-refractivity contribution in [1.82, 2.24) is 14.8 Å². The number of aryl methyl sites for hydroxylation is 1. The number of morpholine rings is 1. The van der Waals surface area contributed by atoms with Crippen LogP contribution >= 0.6 is 0 Å². The normalized spacial score (nSPS) is 21.8. The molecule has 0 saturated carbocycles. The topological polar surface area (TPSA) is 89.0 Å². The number of nitrogens with zero attached hydrogens (tertiary/aromatic N) is 3. The van der Waals surface area contributed by atoms with E-state index in [0.717, 1.165) is 13.1 Å². The van der Waals surface area contributed by atoms with Gasteiger partial charge < -0.3 is 14.4 Å². The Hall–Kier alpha value is -3.10. The van der Waals surface area contributed by atoms with Crippen molar-refractivity contribution in [3.05, 3.63) is 59.4 Å². The lowest BCUT2D eigenvalue weighted by atomic mass is 9.85. The fourth-order valence-electron chi connectivity index (χ4n) is 4.43. The van der Waals surface area contributed by atoms with Gasteiger partial charge in [0.25, 0.3) is 5.91 Å². The lowest BCUT2D eigenvalue weighted by Gasteiger charge is -2.31. The number of ether oxygens (including phenoxy) is 2. The van der Waals surface area contributed by atoms with Crippen molar-refractivity contribution in [2.45, 2.75) is 13.0 Å². The highest BCUT2D eigenvalue weighted by Crippen LogP contribution is 2.38. The number of aromatic nitrogens is 1. The van der Waals surface area contributed by atoms with E-state index in [1.807, 2.05) is 6.07 Å². The summed E-state index contributed by atoms with van der Waals surface area (Å²) in [4.78, 5) is 47.6. The van der Waals surface area contributed by atoms with Crippen molar-refractivity contribution in [1.29, 1.82) is 0 Å². The Morgan fingerprint density at radius 3 is 2.62 bits per heavy atom. The summed E-state index contributed by atoms with van der Waals surface area (Å²) in [5, 5.41) is 0. The minimum Gasteiger partial charge on any atom is -0.497 e. The van der Waals surface area contributed by atoms with Crippen molar-refractivity contribution < 1.29 is 23.9 Å². The number of benzene rings is 1. The molecule has 1 amide bonds. The van der Waals surface area contributed by atoms with Crippen LogP contribution in [0.1, 0.15) is 27.5 Å². The summed E-state index contributed by atoms with van der Waals surface area (Å²) < 4.78 is 10.6.